The van der Waals surface area contributed by atoms with Gasteiger partial charge in [0.1, 0.15) is 12.2 Å². The first-order valence-electron chi connectivity index (χ1n) is 7.72. The number of amides is 1. The van der Waals surface area contributed by atoms with Gasteiger partial charge in [-0.3, -0.25) is 9.88 Å². The number of thiazole rings is 1. The van der Waals surface area contributed by atoms with Gasteiger partial charge < -0.3 is 0 Å². The van der Waals surface area contributed by atoms with Gasteiger partial charge in [0.15, 0.2) is 5.13 Å². The van der Waals surface area contributed by atoms with Gasteiger partial charge in [-0.05, 0) is 25.3 Å². The first kappa shape index (κ1) is 14.9. The first-order valence-corrected chi connectivity index (χ1v) is 8.53. The van der Waals surface area contributed by atoms with Gasteiger partial charge in [-0.15, -0.1) is 0 Å². The topological polar surface area (TPSA) is 85.6 Å². The molecule has 1 aliphatic rings. The van der Waals surface area contributed by atoms with E-state index in [0.717, 1.165) is 28.5 Å². The molecule has 7 nitrogen and oxygen atoms in total. The third kappa shape index (κ3) is 2.80. The maximum absolute atomic E-state index is 12.1. The minimum atomic E-state index is -0.289. The zero-order chi connectivity index (χ0) is 16.7. The van der Waals surface area contributed by atoms with Gasteiger partial charge in [0.25, 0.3) is 0 Å². The monoisotopic (exact) mass is 340 g/mol. The number of anilines is 1. The molecule has 0 saturated heterocycles. The molecule has 1 N–H and O–H groups in total. The average Bonchev–Trinajstić information content (AvgIpc) is 2.98. The number of nitrogens with one attached hydrogen (secondary N) is 1. The van der Waals surface area contributed by atoms with E-state index in [4.69, 9.17) is 4.98 Å². The van der Waals surface area contributed by atoms with E-state index < -0.39 is 0 Å². The van der Waals surface area contributed by atoms with E-state index in [-0.39, 0.29) is 6.03 Å². The number of rotatable bonds is 3. The second-order valence-corrected chi connectivity index (χ2v) is 6.95. The van der Waals surface area contributed by atoms with Crippen molar-refractivity contribution in [3.8, 4) is 10.6 Å². The number of imidazole rings is 1. The molecule has 8 heteroatoms. The number of nitrogens with zero attached hydrogens (tertiary/aromatic N) is 5. The number of aryl methyl sites for hydroxylation is 1. The molecule has 2 atom stereocenters. The number of aromatic nitrogens is 5. The van der Waals surface area contributed by atoms with Crippen LogP contribution < -0.4 is 5.32 Å². The largest absolute Gasteiger partial charge is 0.333 e. The zero-order valence-electron chi connectivity index (χ0n) is 13.3. The molecule has 1 saturated carbocycles. The molecule has 3 heterocycles. The lowest BCUT2D eigenvalue weighted by Crippen LogP contribution is -2.17. The van der Waals surface area contributed by atoms with E-state index in [0.29, 0.717) is 17.0 Å². The van der Waals surface area contributed by atoms with E-state index in [1.807, 2.05) is 13.0 Å². The van der Waals surface area contributed by atoms with Gasteiger partial charge >= 0.3 is 6.03 Å². The third-order valence-electron chi connectivity index (χ3n) is 4.10. The maximum atomic E-state index is 12.1. The molecule has 4 rings (SSSR count). The molecular formula is C16H16N6OS. The number of hydrogen-bond acceptors (Lipinski definition) is 6. The van der Waals surface area contributed by atoms with Crippen molar-refractivity contribution in [2.75, 3.05) is 5.32 Å². The highest BCUT2D eigenvalue weighted by Gasteiger charge is 2.36. The quantitative estimate of drug-likeness (QED) is 0.790. The fraction of sp³-hybridized carbons (Fsp3) is 0.312. The Hall–Kier alpha value is -2.61. The zero-order valence-corrected chi connectivity index (χ0v) is 14.1. The third-order valence-corrected chi connectivity index (χ3v) is 5.19. The molecular weight excluding hydrogens is 324 g/mol. The van der Waals surface area contributed by atoms with Crippen LogP contribution in [0.1, 0.15) is 30.8 Å². The van der Waals surface area contributed by atoms with Crippen molar-refractivity contribution < 1.29 is 4.79 Å². The lowest BCUT2D eigenvalue weighted by Gasteiger charge is -2.01. The number of hydrogen-bond donors (Lipinski definition) is 1. The lowest BCUT2D eigenvalue weighted by atomic mass is 10.2. The first-order chi connectivity index (χ1) is 11.6. The Bertz CT molecular complexity index is 888. The minimum absolute atomic E-state index is 0.289. The second-order valence-electron chi connectivity index (χ2n) is 5.95. The van der Waals surface area contributed by atoms with Gasteiger partial charge in [-0.1, -0.05) is 18.3 Å². The Morgan fingerprint density at radius 2 is 2.21 bits per heavy atom. The normalized spacial score (nSPS) is 19.2. The van der Waals surface area contributed by atoms with E-state index in [9.17, 15) is 4.79 Å². The summed E-state index contributed by atoms with van der Waals surface area (Å²) in [5.41, 5.74) is 1.70. The Kier molecular flexibility index (Phi) is 3.61. The van der Waals surface area contributed by atoms with E-state index >= 15 is 0 Å². The highest BCUT2D eigenvalue weighted by Crippen LogP contribution is 2.45. The van der Waals surface area contributed by atoms with Crippen molar-refractivity contribution >= 4 is 22.5 Å². The van der Waals surface area contributed by atoms with Crippen LogP contribution in [0.5, 0.6) is 0 Å². The van der Waals surface area contributed by atoms with E-state index in [1.54, 1.807) is 18.6 Å². The molecule has 0 aromatic carbocycles. The van der Waals surface area contributed by atoms with Crippen LogP contribution in [0.4, 0.5) is 9.93 Å². The van der Waals surface area contributed by atoms with Gasteiger partial charge in [0.2, 0.25) is 0 Å². The van der Waals surface area contributed by atoms with Crippen LogP contribution in [0.25, 0.3) is 10.6 Å². The molecule has 3 aromatic rings. The van der Waals surface area contributed by atoms with Gasteiger partial charge in [-0.25, -0.2) is 24.7 Å². The van der Waals surface area contributed by atoms with Crippen LogP contribution in [0.15, 0.2) is 31.0 Å². The van der Waals surface area contributed by atoms with Crippen molar-refractivity contribution in [3.05, 3.63) is 42.5 Å². The summed E-state index contributed by atoms with van der Waals surface area (Å²) in [6, 6.07) is 1.60. The summed E-state index contributed by atoms with van der Waals surface area (Å²) in [5.74, 6) is 2.03. The summed E-state index contributed by atoms with van der Waals surface area (Å²) < 4.78 is 1.37. The van der Waals surface area contributed by atoms with E-state index in [1.165, 1.54) is 22.2 Å². The summed E-state index contributed by atoms with van der Waals surface area (Å²) >= 11 is 1.41. The molecule has 2 unspecified atom stereocenters. The van der Waals surface area contributed by atoms with Gasteiger partial charge in [-0.2, -0.15) is 0 Å². The van der Waals surface area contributed by atoms with Crippen molar-refractivity contribution in [1.29, 1.82) is 0 Å². The van der Waals surface area contributed by atoms with Crippen molar-refractivity contribution in [3.63, 3.8) is 0 Å². The SMILES string of the molecule is Cc1nc(NC(=O)n2ccnc2)sc1-c1ccnc(C2CC2C)n1. The molecule has 0 spiro atoms. The summed E-state index contributed by atoms with van der Waals surface area (Å²) in [6.07, 6.45) is 7.54. The molecule has 1 aliphatic carbocycles. The minimum Gasteiger partial charge on any atom is -0.283 e. The molecule has 3 aromatic heterocycles. The molecule has 1 fully saturated rings. The van der Waals surface area contributed by atoms with Crippen molar-refractivity contribution in [2.45, 2.75) is 26.2 Å². The fourth-order valence-corrected chi connectivity index (χ4v) is 3.51. The molecule has 24 heavy (non-hydrogen) atoms. The van der Waals surface area contributed by atoms with Crippen LogP contribution in [-0.4, -0.2) is 30.5 Å². The Balaban J connectivity index is 1.58. The molecule has 0 aliphatic heterocycles. The van der Waals surface area contributed by atoms with Crippen molar-refractivity contribution in [2.24, 2.45) is 5.92 Å². The summed E-state index contributed by atoms with van der Waals surface area (Å²) in [6.45, 7) is 4.13. The summed E-state index contributed by atoms with van der Waals surface area (Å²) in [5, 5.41) is 3.32. The number of carbonyl (C=O) groups excluding carboxylic acids is 1. The predicted molar refractivity (Wildman–Crippen MR) is 91.0 cm³/mol. The van der Waals surface area contributed by atoms with Crippen LogP contribution in [-0.2, 0) is 0 Å². The van der Waals surface area contributed by atoms with E-state index in [2.05, 4.69) is 27.2 Å². The second kappa shape index (κ2) is 5.79. The van der Waals surface area contributed by atoms with Crippen LogP contribution >= 0.6 is 11.3 Å². The Morgan fingerprint density at radius 1 is 1.38 bits per heavy atom. The van der Waals surface area contributed by atoms with Gasteiger partial charge in [0.05, 0.1) is 16.3 Å². The Morgan fingerprint density at radius 3 is 2.92 bits per heavy atom. The van der Waals surface area contributed by atoms with Crippen molar-refractivity contribution in [1.82, 2.24) is 24.5 Å². The smallest absolute Gasteiger partial charge is 0.283 e. The van der Waals surface area contributed by atoms with Crippen LogP contribution in [0, 0.1) is 12.8 Å². The summed E-state index contributed by atoms with van der Waals surface area (Å²) in [4.78, 5) is 30.4. The highest BCUT2D eigenvalue weighted by molar-refractivity contribution is 7.19. The molecule has 122 valence electrons. The maximum Gasteiger partial charge on any atom is 0.333 e. The van der Waals surface area contributed by atoms with Crippen LogP contribution in [0.2, 0.25) is 0 Å². The molecule has 1 amide bonds. The van der Waals surface area contributed by atoms with Crippen LogP contribution in [0.3, 0.4) is 0 Å². The summed E-state index contributed by atoms with van der Waals surface area (Å²) in [7, 11) is 0. The fourth-order valence-electron chi connectivity index (χ4n) is 2.58. The Labute approximate surface area is 142 Å². The predicted octanol–water partition coefficient (Wildman–Crippen LogP) is 3.31. The highest BCUT2D eigenvalue weighted by atomic mass is 32.1. The molecule has 0 radical (unpaired) electrons. The molecule has 0 bridgehead atoms. The lowest BCUT2D eigenvalue weighted by molar-refractivity contribution is 0.253. The average molecular weight is 340 g/mol. The van der Waals surface area contributed by atoms with Gasteiger partial charge in [0, 0.05) is 24.5 Å². The number of carbonyl (C=O) groups is 1. The standard InChI is InChI=1S/C16H16N6OS/c1-9-7-11(9)14-18-4-3-12(20-14)13-10(2)19-15(24-13)21-16(23)22-6-5-17-8-22/h3-6,8-9,11H,7H2,1-2H3,(H,19,21,23).